The fourth-order valence-electron chi connectivity index (χ4n) is 3.48. The molecule has 5 heteroatoms. The lowest BCUT2D eigenvalue weighted by atomic mass is 9.97. The first kappa shape index (κ1) is 21.8. The van der Waals surface area contributed by atoms with Crippen LogP contribution in [0.25, 0.3) is 0 Å². The molecule has 0 saturated carbocycles. The topological polar surface area (TPSA) is 30.5 Å². The summed E-state index contributed by atoms with van der Waals surface area (Å²) in [6.07, 6.45) is 8.68. The van der Waals surface area contributed by atoms with Gasteiger partial charge < -0.3 is 14.8 Å². The minimum Gasteiger partial charge on any atom is -0.490 e. The number of allylic oxidation sites excluding steroid dienone is 1. The lowest BCUT2D eigenvalue weighted by Crippen LogP contribution is -2.16. The van der Waals surface area contributed by atoms with E-state index < -0.39 is 0 Å². The molecule has 0 heterocycles. The van der Waals surface area contributed by atoms with Crippen molar-refractivity contribution in [2.24, 2.45) is 0 Å². The second-order valence-electron chi connectivity index (χ2n) is 7.29. The number of benzene rings is 2. The van der Waals surface area contributed by atoms with Gasteiger partial charge in [0.1, 0.15) is 12.4 Å². The number of hydrogen-bond acceptors (Lipinski definition) is 3. The third-order valence-electron chi connectivity index (χ3n) is 5.00. The quantitative estimate of drug-likeness (QED) is 0.321. The molecule has 1 aliphatic carbocycles. The van der Waals surface area contributed by atoms with E-state index in [1.807, 2.05) is 13.0 Å². The van der Waals surface area contributed by atoms with Gasteiger partial charge in [0.25, 0.3) is 0 Å². The fourth-order valence-corrected chi connectivity index (χ4v) is 4.08. The average Bonchev–Trinajstić information content (AvgIpc) is 2.73. The molecule has 156 valence electrons. The van der Waals surface area contributed by atoms with E-state index in [4.69, 9.17) is 9.47 Å². The molecule has 2 aromatic carbocycles. The Labute approximate surface area is 181 Å². The summed E-state index contributed by atoms with van der Waals surface area (Å²) in [4.78, 5) is 0. The van der Waals surface area contributed by atoms with E-state index in [1.165, 1.54) is 37.8 Å². The van der Waals surface area contributed by atoms with E-state index in [1.54, 1.807) is 17.7 Å². The largest absolute Gasteiger partial charge is 0.490 e. The van der Waals surface area contributed by atoms with Crippen LogP contribution >= 0.6 is 15.9 Å². The first-order valence-corrected chi connectivity index (χ1v) is 11.2. The molecule has 0 atom stereocenters. The van der Waals surface area contributed by atoms with Crippen molar-refractivity contribution >= 4 is 15.9 Å². The Bertz CT molecular complexity index is 820. The summed E-state index contributed by atoms with van der Waals surface area (Å²) in [7, 11) is 0. The average molecular weight is 462 g/mol. The Hall–Kier alpha value is -1.85. The first-order valence-electron chi connectivity index (χ1n) is 10.4. The molecule has 3 rings (SSSR count). The van der Waals surface area contributed by atoms with Crippen LogP contribution in [0, 0.1) is 5.82 Å². The molecule has 0 aromatic heterocycles. The summed E-state index contributed by atoms with van der Waals surface area (Å²) >= 11 is 3.62. The molecule has 0 spiro atoms. The predicted octanol–water partition coefficient (Wildman–Crippen LogP) is 6.55. The Morgan fingerprint density at radius 1 is 1.07 bits per heavy atom. The van der Waals surface area contributed by atoms with E-state index in [-0.39, 0.29) is 5.82 Å². The second kappa shape index (κ2) is 11.4. The van der Waals surface area contributed by atoms with Gasteiger partial charge >= 0.3 is 0 Å². The van der Waals surface area contributed by atoms with Crippen LogP contribution in [-0.4, -0.2) is 13.2 Å². The van der Waals surface area contributed by atoms with Crippen LogP contribution in [0.4, 0.5) is 4.39 Å². The third-order valence-corrected chi connectivity index (χ3v) is 5.59. The Morgan fingerprint density at radius 2 is 1.90 bits per heavy atom. The molecule has 0 fully saturated rings. The van der Waals surface area contributed by atoms with Gasteiger partial charge in [-0.25, -0.2) is 4.39 Å². The van der Waals surface area contributed by atoms with Crippen molar-refractivity contribution in [3.8, 4) is 11.5 Å². The van der Waals surface area contributed by atoms with E-state index in [2.05, 4.69) is 33.4 Å². The van der Waals surface area contributed by atoms with Crippen LogP contribution in [0.1, 0.15) is 50.2 Å². The van der Waals surface area contributed by atoms with Crippen LogP contribution in [-0.2, 0) is 13.2 Å². The normalized spacial score (nSPS) is 13.8. The van der Waals surface area contributed by atoms with Crippen molar-refractivity contribution in [2.45, 2.75) is 52.2 Å². The van der Waals surface area contributed by atoms with Crippen LogP contribution < -0.4 is 14.8 Å². The molecule has 0 aliphatic heterocycles. The van der Waals surface area contributed by atoms with Gasteiger partial charge in [0, 0.05) is 6.54 Å². The summed E-state index contributed by atoms with van der Waals surface area (Å²) < 4.78 is 25.7. The minimum absolute atomic E-state index is 0.249. The molecule has 0 saturated heterocycles. The van der Waals surface area contributed by atoms with Gasteiger partial charge in [-0.05, 0) is 96.9 Å². The molecule has 0 amide bonds. The monoisotopic (exact) mass is 461 g/mol. The van der Waals surface area contributed by atoms with Crippen LogP contribution in [0.5, 0.6) is 11.5 Å². The van der Waals surface area contributed by atoms with Crippen molar-refractivity contribution in [2.75, 3.05) is 13.2 Å². The van der Waals surface area contributed by atoms with Crippen molar-refractivity contribution in [3.63, 3.8) is 0 Å². The zero-order valence-corrected chi connectivity index (χ0v) is 18.6. The number of hydrogen-bond donors (Lipinski definition) is 1. The van der Waals surface area contributed by atoms with Gasteiger partial charge in [-0.2, -0.15) is 0 Å². The molecular weight excluding hydrogens is 433 g/mol. The van der Waals surface area contributed by atoms with Gasteiger partial charge in [0.05, 0.1) is 11.1 Å². The van der Waals surface area contributed by atoms with Gasteiger partial charge in [-0.3, -0.25) is 0 Å². The van der Waals surface area contributed by atoms with Crippen LogP contribution in [0.2, 0.25) is 0 Å². The van der Waals surface area contributed by atoms with Gasteiger partial charge in [0.15, 0.2) is 11.5 Å². The zero-order chi connectivity index (χ0) is 20.5. The molecule has 0 unspecified atom stereocenters. The Kier molecular flexibility index (Phi) is 8.56. The molecule has 2 aromatic rings. The van der Waals surface area contributed by atoms with Gasteiger partial charge in [-0.15, -0.1) is 0 Å². The van der Waals surface area contributed by atoms with Crippen LogP contribution in [0.3, 0.4) is 0 Å². The maximum absolute atomic E-state index is 13.1. The van der Waals surface area contributed by atoms with Crippen molar-refractivity contribution in [1.82, 2.24) is 5.32 Å². The Morgan fingerprint density at radius 3 is 2.62 bits per heavy atom. The lowest BCUT2D eigenvalue weighted by molar-refractivity contribution is 0.267. The fraction of sp³-hybridized carbons (Fsp3) is 0.417. The maximum Gasteiger partial charge on any atom is 0.175 e. The lowest BCUT2D eigenvalue weighted by Gasteiger charge is -2.16. The maximum atomic E-state index is 13.1. The number of halogens is 2. The number of ether oxygens (including phenoxy) is 2. The predicted molar refractivity (Wildman–Crippen MR) is 119 cm³/mol. The van der Waals surface area contributed by atoms with E-state index in [9.17, 15) is 4.39 Å². The molecule has 3 nitrogen and oxygen atoms in total. The third kappa shape index (κ3) is 6.86. The summed E-state index contributed by atoms with van der Waals surface area (Å²) in [6.45, 7) is 4.64. The molecule has 0 bridgehead atoms. The molecule has 0 radical (unpaired) electrons. The highest BCUT2D eigenvalue weighted by atomic mass is 79.9. The van der Waals surface area contributed by atoms with Gasteiger partial charge in [-0.1, -0.05) is 23.8 Å². The van der Waals surface area contributed by atoms with Crippen molar-refractivity contribution in [3.05, 3.63) is 69.5 Å². The number of nitrogens with one attached hydrogen (secondary N) is 1. The minimum atomic E-state index is -0.249. The van der Waals surface area contributed by atoms with Gasteiger partial charge in [0.2, 0.25) is 0 Å². The smallest absolute Gasteiger partial charge is 0.175 e. The van der Waals surface area contributed by atoms with E-state index >= 15 is 0 Å². The summed E-state index contributed by atoms with van der Waals surface area (Å²) in [6, 6.07) is 10.4. The summed E-state index contributed by atoms with van der Waals surface area (Å²) in [5.41, 5.74) is 3.64. The molecule has 29 heavy (non-hydrogen) atoms. The highest BCUT2D eigenvalue weighted by Crippen LogP contribution is 2.37. The number of rotatable bonds is 10. The first-order chi connectivity index (χ1) is 14.2. The van der Waals surface area contributed by atoms with Crippen LogP contribution in [0.15, 0.2) is 52.5 Å². The molecule has 1 aliphatic rings. The molecule has 1 N–H and O–H groups in total. The SMILES string of the molecule is CCOc1cc(CNCCC2=CCCCC2)cc(Br)c1OCc1ccc(F)cc1. The summed E-state index contributed by atoms with van der Waals surface area (Å²) in [5, 5.41) is 3.53. The second-order valence-corrected chi connectivity index (χ2v) is 8.14. The highest BCUT2D eigenvalue weighted by molar-refractivity contribution is 9.10. The van der Waals surface area contributed by atoms with E-state index in [0.29, 0.717) is 19.0 Å². The van der Waals surface area contributed by atoms with Crippen molar-refractivity contribution in [1.29, 1.82) is 0 Å². The zero-order valence-electron chi connectivity index (χ0n) is 17.0. The van der Waals surface area contributed by atoms with E-state index in [0.717, 1.165) is 40.9 Å². The summed E-state index contributed by atoms with van der Waals surface area (Å²) in [5.74, 6) is 1.14. The standard InChI is InChI=1S/C24H29BrFNO2/c1-2-28-23-15-20(16-27-13-12-18-6-4-3-5-7-18)14-22(25)24(23)29-17-19-8-10-21(26)11-9-19/h6,8-11,14-15,27H,2-5,7,12-13,16-17H2,1H3. The Balaban J connectivity index is 1.59. The highest BCUT2D eigenvalue weighted by Gasteiger charge is 2.13. The molecular formula is C24H29BrFNO2. The van der Waals surface area contributed by atoms with Crippen molar-refractivity contribution < 1.29 is 13.9 Å².